The first kappa shape index (κ1) is 19.7. The molecule has 18 heavy (non-hydrogen) atoms. The number of carbonyl (C=O) groups excluding carboxylic acids is 1. The van der Waals surface area contributed by atoms with Crippen molar-refractivity contribution in [3.8, 4) is 0 Å². The molecule has 1 fully saturated rings. The number of nitrogens with two attached hydrogens (primary N) is 2. The van der Waals surface area contributed by atoms with E-state index in [2.05, 4.69) is 5.73 Å². The highest BCUT2D eigenvalue weighted by molar-refractivity contribution is 5.46. The second-order valence-electron chi connectivity index (χ2n) is 5.15. The van der Waals surface area contributed by atoms with Crippen LogP contribution in [0.2, 0.25) is 0 Å². The molecule has 110 valence electrons. The van der Waals surface area contributed by atoms with Gasteiger partial charge in [0.2, 0.25) is 6.41 Å². The monoisotopic (exact) mass is 261 g/mol. The second kappa shape index (κ2) is 11.4. The van der Waals surface area contributed by atoms with Crippen molar-refractivity contribution in [1.82, 2.24) is 4.90 Å². The molecule has 0 aromatic rings. The van der Waals surface area contributed by atoms with E-state index in [1.165, 1.54) is 7.05 Å². The van der Waals surface area contributed by atoms with Gasteiger partial charge in [-0.05, 0) is 47.1 Å². The maximum Gasteiger partial charge on any atom is 0.209 e. The van der Waals surface area contributed by atoms with Crippen LogP contribution in [0.15, 0.2) is 0 Å². The molecule has 0 aromatic carbocycles. The van der Waals surface area contributed by atoms with Crippen LogP contribution in [0.5, 0.6) is 0 Å². The lowest BCUT2D eigenvalue weighted by Gasteiger charge is -2.14. The number of likely N-dealkylation sites (tertiary alicyclic amines) is 1. The van der Waals surface area contributed by atoms with Crippen molar-refractivity contribution in [2.75, 3.05) is 27.2 Å². The van der Waals surface area contributed by atoms with Crippen LogP contribution in [0.1, 0.15) is 40.0 Å². The van der Waals surface area contributed by atoms with Gasteiger partial charge in [0.05, 0.1) is 5.60 Å². The molecule has 5 heteroatoms. The molecule has 0 bridgehead atoms. The van der Waals surface area contributed by atoms with Crippen LogP contribution in [0.3, 0.4) is 0 Å². The van der Waals surface area contributed by atoms with Crippen molar-refractivity contribution in [2.45, 2.75) is 51.7 Å². The summed E-state index contributed by atoms with van der Waals surface area (Å²) < 4.78 is 4.94. The van der Waals surface area contributed by atoms with Gasteiger partial charge < -0.3 is 21.1 Å². The van der Waals surface area contributed by atoms with Crippen molar-refractivity contribution in [2.24, 2.45) is 11.5 Å². The first-order valence-electron chi connectivity index (χ1n) is 6.47. The molecule has 0 aliphatic carbocycles. The summed E-state index contributed by atoms with van der Waals surface area (Å²) in [6, 6.07) is 0.310. The number of hydrogen-bond acceptors (Lipinski definition) is 4. The van der Waals surface area contributed by atoms with E-state index in [4.69, 9.17) is 10.5 Å². The van der Waals surface area contributed by atoms with E-state index in [1.807, 2.05) is 20.8 Å². The minimum atomic E-state index is 0.0417. The zero-order chi connectivity index (χ0) is 14.6. The van der Waals surface area contributed by atoms with E-state index < -0.39 is 0 Å². The molecule has 1 aliphatic heterocycles. The Morgan fingerprint density at radius 2 is 1.72 bits per heavy atom. The van der Waals surface area contributed by atoms with Crippen LogP contribution in [0.25, 0.3) is 0 Å². The fourth-order valence-corrected chi connectivity index (χ4v) is 1.25. The normalized spacial score (nSPS) is 19.7. The smallest absolute Gasteiger partial charge is 0.209 e. The molecule has 1 saturated heterocycles. The quantitative estimate of drug-likeness (QED) is 0.689. The highest BCUT2D eigenvalue weighted by atomic mass is 16.5. The standard InChI is InChI=1S/C7H14N2O.C5H12O.CH5N/c8-7-2-1-4-9(6-10)5-3-7;1-5(2,3)6-4;1-2/h6-7H,1-5,8H2;1-4H3;2H2,1H3. The molecule has 5 nitrogen and oxygen atoms in total. The molecule has 0 spiro atoms. The topological polar surface area (TPSA) is 81.6 Å². The minimum Gasteiger partial charge on any atom is -0.379 e. The number of nitrogens with zero attached hydrogens (tertiary/aromatic N) is 1. The van der Waals surface area contributed by atoms with Crippen molar-refractivity contribution in [1.29, 1.82) is 0 Å². The summed E-state index contributed by atoms with van der Waals surface area (Å²) in [6.45, 7) is 7.79. The molecule has 4 N–H and O–H groups in total. The Morgan fingerprint density at radius 1 is 1.22 bits per heavy atom. The largest absolute Gasteiger partial charge is 0.379 e. The third-order valence-corrected chi connectivity index (χ3v) is 2.57. The van der Waals surface area contributed by atoms with Crippen LogP contribution in [-0.2, 0) is 9.53 Å². The van der Waals surface area contributed by atoms with Gasteiger partial charge in [0, 0.05) is 26.2 Å². The molecule has 1 aliphatic rings. The number of methoxy groups -OCH3 is 1. The van der Waals surface area contributed by atoms with E-state index >= 15 is 0 Å². The predicted octanol–water partition coefficient (Wildman–Crippen LogP) is 0.962. The van der Waals surface area contributed by atoms with E-state index in [0.717, 1.165) is 38.8 Å². The maximum absolute atomic E-state index is 10.3. The fourth-order valence-electron chi connectivity index (χ4n) is 1.25. The Morgan fingerprint density at radius 3 is 2.11 bits per heavy atom. The van der Waals surface area contributed by atoms with Gasteiger partial charge in [0.15, 0.2) is 0 Å². The minimum absolute atomic E-state index is 0.0417. The van der Waals surface area contributed by atoms with E-state index in [9.17, 15) is 4.79 Å². The zero-order valence-electron chi connectivity index (χ0n) is 12.6. The number of rotatable bonds is 1. The van der Waals surface area contributed by atoms with Gasteiger partial charge in [0.25, 0.3) is 0 Å². The first-order chi connectivity index (χ1) is 8.39. The van der Waals surface area contributed by atoms with E-state index in [0.29, 0.717) is 6.04 Å². The average Bonchev–Trinajstić information content (AvgIpc) is 2.56. The van der Waals surface area contributed by atoms with Crippen LogP contribution < -0.4 is 11.5 Å². The van der Waals surface area contributed by atoms with Crippen molar-refractivity contribution in [3.63, 3.8) is 0 Å². The first-order valence-corrected chi connectivity index (χ1v) is 6.47. The highest BCUT2D eigenvalue weighted by Crippen LogP contribution is 2.06. The maximum atomic E-state index is 10.3. The van der Waals surface area contributed by atoms with Gasteiger partial charge in [-0.15, -0.1) is 0 Å². The van der Waals surface area contributed by atoms with Crippen LogP contribution >= 0.6 is 0 Å². The molecule has 1 heterocycles. The van der Waals surface area contributed by atoms with Crippen LogP contribution in [0.4, 0.5) is 0 Å². The Hall–Kier alpha value is -0.650. The Kier molecular flexibility index (Phi) is 12.5. The Balaban J connectivity index is 0. The number of amides is 1. The molecule has 1 atom stereocenters. The third kappa shape index (κ3) is 13.4. The predicted molar refractivity (Wildman–Crippen MR) is 76.3 cm³/mol. The summed E-state index contributed by atoms with van der Waals surface area (Å²) in [5.74, 6) is 0. The fraction of sp³-hybridized carbons (Fsp3) is 0.923. The average molecular weight is 261 g/mol. The summed E-state index contributed by atoms with van der Waals surface area (Å²) in [5.41, 5.74) is 10.3. The van der Waals surface area contributed by atoms with Crippen LogP contribution in [-0.4, -0.2) is 50.2 Å². The Bertz CT molecular complexity index is 193. The van der Waals surface area contributed by atoms with E-state index in [1.54, 1.807) is 12.0 Å². The van der Waals surface area contributed by atoms with Crippen molar-refractivity contribution < 1.29 is 9.53 Å². The van der Waals surface area contributed by atoms with Crippen molar-refractivity contribution >= 4 is 6.41 Å². The number of hydrogen-bond donors (Lipinski definition) is 2. The SMILES string of the molecule is CN.COC(C)(C)C.NC1CCCN(C=O)CC1. The van der Waals surface area contributed by atoms with Crippen molar-refractivity contribution in [3.05, 3.63) is 0 Å². The molecule has 0 saturated carbocycles. The summed E-state index contributed by atoms with van der Waals surface area (Å²) in [4.78, 5) is 12.1. The van der Waals surface area contributed by atoms with E-state index in [-0.39, 0.29) is 5.60 Å². The van der Waals surface area contributed by atoms with Gasteiger partial charge in [-0.3, -0.25) is 4.79 Å². The van der Waals surface area contributed by atoms with Gasteiger partial charge in [-0.2, -0.15) is 0 Å². The van der Waals surface area contributed by atoms with Gasteiger partial charge in [0.1, 0.15) is 0 Å². The lowest BCUT2D eigenvalue weighted by Crippen LogP contribution is -2.25. The molecule has 0 radical (unpaired) electrons. The summed E-state index contributed by atoms with van der Waals surface area (Å²) in [6.07, 6.45) is 3.99. The number of carbonyl (C=O) groups is 1. The van der Waals surface area contributed by atoms with Gasteiger partial charge >= 0.3 is 0 Å². The van der Waals surface area contributed by atoms with Gasteiger partial charge in [-0.25, -0.2) is 0 Å². The molecule has 1 unspecified atom stereocenters. The third-order valence-electron chi connectivity index (χ3n) is 2.57. The molecule has 1 rings (SSSR count). The number of ether oxygens (including phenoxy) is 1. The summed E-state index contributed by atoms with van der Waals surface area (Å²) >= 11 is 0. The zero-order valence-corrected chi connectivity index (χ0v) is 12.6. The molecule has 0 aromatic heterocycles. The summed E-state index contributed by atoms with van der Waals surface area (Å²) in [5, 5.41) is 0. The summed E-state index contributed by atoms with van der Waals surface area (Å²) in [7, 11) is 3.21. The second-order valence-corrected chi connectivity index (χ2v) is 5.15. The lowest BCUT2D eigenvalue weighted by atomic mass is 10.1. The lowest BCUT2D eigenvalue weighted by molar-refractivity contribution is -0.118. The van der Waals surface area contributed by atoms with Gasteiger partial charge in [-0.1, -0.05) is 0 Å². The highest BCUT2D eigenvalue weighted by Gasteiger charge is 2.11. The molecular formula is C13H31N3O2. The molecular weight excluding hydrogens is 230 g/mol. The molecule has 1 amide bonds. The van der Waals surface area contributed by atoms with Crippen LogP contribution in [0, 0.1) is 0 Å². The Labute approximate surface area is 112 Å².